The van der Waals surface area contributed by atoms with Gasteiger partial charge in [0.2, 0.25) is 5.95 Å². The van der Waals surface area contributed by atoms with Crippen molar-refractivity contribution in [2.24, 2.45) is 0 Å². The number of nitrogen functional groups attached to an aromatic ring is 1. The van der Waals surface area contributed by atoms with Gasteiger partial charge in [0.15, 0.2) is 11.2 Å². The number of fused-ring (bicyclic) bond motifs is 1. The smallest absolute Gasteiger partial charge is 0.480 e. The van der Waals surface area contributed by atoms with Crippen LogP contribution in [0.2, 0.25) is 0 Å². The third-order valence-electron chi connectivity index (χ3n) is 7.99. The van der Waals surface area contributed by atoms with E-state index < -0.39 is 49.0 Å². The SMILES string of the molecule is C#COP(=O)(OCC)OCc1ccc(OC(=O)c2ccccc2CC(=O)CC[C@H](NC(=O)c2ccc(NC(=O)c3cnc4nc(N)[nH]c(=O)c4n3)cc2)C(=O)O)cc1. The van der Waals surface area contributed by atoms with Gasteiger partial charge in [-0.2, -0.15) is 4.98 Å². The number of anilines is 2. The Balaban J connectivity index is 1.12. The maximum atomic E-state index is 13.1. The normalized spacial score (nSPS) is 12.3. The fourth-order valence-corrected chi connectivity index (χ4v) is 6.14. The van der Waals surface area contributed by atoms with Crippen LogP contribution in [0.25, 0.3) is 11.2 Å². The maximum absolute atomic E-state index is 13.1. The van der Waals surface area contributed by atoms with Crippen molar-refractivity contribution in [1.82, 2.24) is 25.3 Å². The number of phosphoric ester groups is 1. The zero-order valence-electron chi connectivity index (χ0n) is 30.5. The highest BCUT2D eigenvalue weighted by Gasteiger charge is 2.27. The Morgan fingerprint density at radius 1 is 0.983 bits per heavy atom. The average molecular weight is 812 g/mol. The number of aromatic nitrogens is 4. The highest BCUT2D eigenvalue weighted by atomic mass is 31.2. The molecule has 2 atom stereocenters. The number of nitrogens with zero attached hydrogens (tertiary/aromatic N) is 3. The van der Waals surface area contributed by atoms with Crippen LogP contribution < -0.4 is 26.7 Å². The maximum Gasteiger partial charge on any atom is 0.538 e. The Labute approximate surface area is 328 Å². The molecule has 0 spiro atoms. The number of H-pyrrole nitrogens is 1. The lowest BCUT2D eigenvalue weighted by atomic mass is 9.99. The number of hydrogen-bond acceptors (Lipinski definition) is 15. The number of Topliss-reactive ketones (excluding diaryl/α,β-unsaturated/α-hetero) is 1. The number of nitrogens with two attached hydrogens (primary N) is 1. The van der Waals surface area contributed by atoms with Crippen LogP contribution in [-0.4, -0.2) is 67.2 Å². The fourth-order valence-electron chi connectivity index (χ4n) is 5.20. The van der Waals surface area contributed by atoms with E-state index in [-0.39, 0.29) is 77.8 Å². The first-order valence-corrected chi connectivity index (χ1v) is 18.6. The van der Waals surface area contributed by atoms with Crippen LogP contribution in [-0.2, 0) is 40.8 Å². The molecule has 5 aromatic rings. The van der Waals surface area contributed by atoms with Gasteiger partial charge in [0.25, 0.3) is 17.4 Å². The van der Waals surface area contributed by atoms with Crippen molar-refractivity contribution in [2.75, 3.05) is 17.7 Å². The summed E-state index contributed by atoms with van der Waals surface area (Å²) in [6.45, 7) is 1.46. The Hall–Kier alpha value is -7.26. The first-order chi connectivity index (χ1) is 27.8. The predicted molar refractivity (Wildman–Crippen MR) is 205 cm³/mol. The zero-order valence-corrected chi connectivity index (χ0v) is 31.4. The van der Waals surface area contributed by atoms with E-state index >= 15 is 0 Å². The molecule has 2 aromatic heterocycles. The van der Waals surface area contributed by atoms with E-state index in [2.05, 4.69) is 35.1 Å². The third kappa shape index (κ3) is 11.2. The molecule has 0 aliphatic heterocycles. The predicted octanol–water partition coefficient (Wildman–Crippen LogP) is 3.81. The number of aromatic amines is 1. The minimum absolute atomic E-state index is 0.0415. The van der Waals surface area contributed by atoms with Gasteiger partial charge in [-0.1, -0.05) is 36.8 Å². The van der Waals surface area contributed by atoms with Gasteiger partial charge >= 0.3 is 19.8 Å². The Morgan fingerprint density at radius 2 is 1.71 bits per heavy atom. The molecule has 2 amide bonds. The number of rotatable bonds is 18. The molecule has 0 fully saturated rings. The number of nitrogens with one attached hydrogen (secondary N) is 3. The number of benzene rings is 3. The molecule has 3 aromatic carbocycles. The highest BCUT2D eigenvalue weighted by Crippen LogP contribution is 2.49. The molecule has 2 heterocycles. The summed E-state index contributed by atoms with van der Waals surface area (Å²) in [5, 5.41) is 14.7. The van der Waals surface area contributed by atoms with Crippen molar-refractivity contribution in [1.29, 1.82) is 0 Å². The molecule has 0 bridgehead atoms. The van der Waals surface area contributed by atoms with E-state index in [1.807, 2.05) is 0 Å². The van der Waals surface area contributed by atoms with Gasteiger partial charge in [0.1, 0.15) is 29.4 Å². The molecule has 1 unspecified atom stereocenters. The van der Waals surface area contributed by atoms with Crippen LogP contribution in [0.15, 0.2) is 83.8 Å². The highest BCUT2D eigenvalue weighted by molar-refractivity contribution is 7.48. The van der Waals surface area contributed by atoms with Crippen molar-refractivity contribution < 1.29 is 52.0 Å². The van der Waals surface area contributed by atoms with Gasteiger partial charge in [0, 0.05) is 24.1 Å². The number of amides is 2. The first-order valence-electron chi connectivity index (χ1n) is 17.2. The summed E-state index contributed by atoms with van der Waals surface area (Å²) >= 11 is 0. The van der Waals surface area contributed by atoms with Crippen molar-refractivity contribution in [3.05, 3.63) is 117 Å². The summed E-state index contributed by atoms with van der Waals surface area (Å²) in [4.78, 5) is 90.0. The number of phosphoric acid groups is 1. The molecule has 20 heteroatoms. The molecule has 58 heavy (non-hydrogen) atoms. The second-order valence-electron chi connectivity index (χ2n) is 12.1. The molecular formula is C38H34N7O12P. The molecular weight excluding hydrogens is 777 g/mol. The summed E-state index contributed by atoms with van der Waals surface area (Å²) < 4.78 is 32.7. The standard InChI is InChI=1S/C38H34N7O12P/c1-3-54-58(53,55-4-2)56-21-22-9-16-27(17-10-22)57-37(52)28-8-6-5-7-24(28)19-26(46)15-18-29(36(50)51)43-33(47)23-11-13-25(14-12-23)41-34(48)30-20-40-32-31(42-30)35(49)45-38(39)44-32/h1,5-14,16-17,20,29H,4,15,18-19,21H2,2H3,(H,41,48)(H,43,47)(H,50,51)(H3,39,40,44,45,49)/t29-,58?/m0/s1. The van der Waals surface area contributed by atoms with Gasteiger partial charge < -0.3 is 30.7 Å². The minimum atomic E-state index is -3.95. The van der Waals surface area contributed by atoms with E-state index in [1.54, 1.807) is 43.4 Å². The Kier molecular flexibility index (Phi) is 13.8. The van der Waals surface area contributed by atoms with E-state index in [0.29, 0.717) is 11.1 Å². The van der Waals surface area contributed by atoms with Crippen LogP contribution in [0.3, 0.4) is 0 Å². The van der Waals surface area contributed by atoms with Gasteiger partial charge in [-0.05, 0) is 66.9 Å². The number of terminal acetylenes is 1. The minimum Gasteiger partial charge on any atom is -0.480 e. The molecule has 19 nitrogen and oxygen atoms in total. The number of esters is 1. The van der Waals surface area contributed by atoms with E-state index in [4.69, 9.17) is 25.9 Å². The number of carbonyl (C=O) groups is 5. The molecule has 298 valence electrons. The van der Waals surface area contributed by atoms with Crippen molar-refractivity contribution in [3.8, 4) is 18.3 Å². The van der Waals surface area contributed by atoms with Gasteiger partial charge in [-0.25, -0.2) is 24.1 Å². The summed E-state index contributed by atoms with van der Waals surface area (Å²) in [5.41, 5.74) is 5.71. The largest absolute Gasteiger partial charge is 0.538 e. The number of ether oxygens (including phenoxy) is 1. The third-order valence-corrected chi connectivity index (χ3v) is 9.34. The lowest BCUT2D eigenvalue weighted by molar-refractivity contribution is -0.139. The van der Waals surface area contributed by atoms with E-state index in [1.165, 1.54) is 42.5 Å². The number of carbonyl (C=O) groups excluding carboxylic acids is 4. The van der Waals surface area contributed by atoms with E-state index in [9.17, 15) is 38.4 Å². The fraction of sp³-hybridized carbons (Fsp3) is 0.184. The van der Waals surface area contributed by atoms with Gasteiger partial charge in [-0.15, -0.1) is 0 Å². The molecule has 0 saturated carbocycles. The van der Waals surface area contributed by atoms with Crippen LogP contribution >= 0.6 is 7.82 Å². The topological polar surface area (TPSA) is 281 Å². The van der Waals surface area contributed by atoms with Crippen LogP contribution in [0.1, 0.15) is 62.1 Å². The molecule has 0 aliphatic carbocycles. The summed E-state index contributed by atoms with van der Waals surface area (Å²) in [7, 11) is -3.95. The van der Waals surface area contributed by atoms with Crippen LogP contribution in [0, 0.1) is 12.5 Å². The molecule has 6 N–H and O–H groups in total. The second kappa shape index (κ2) is 19.1. The Bertz CT molecular complexity index is 2500. The molecule has 5 rings (SSSR count). The average Bonchev–Trinajstić information content (AvgIpc) is 3.19. The molecule has 0 saturated heterocycles. The Morgan fingerprint density at radius 3 is 2.40 bits per heavy atom. The lowest BCUT2D eigenvalue weighted by Gasteiger charge is -2.15. The van der Waals surface area contributed by atoms with E-state index in [0.717, 1.165) is 6.20 Å². The van der Waals surface area contributed by atoms with Crippen molar-refractivity contribution >= 4 is 60.2 Å². The summed E-state index contributed by atoms with van der Waals surface area (Å²) in [6, 6.07) is 16.4. The van der Waals surface area contributed by atoms with Crippen molar-refractivity contribution in [3.63, 3.8) is 0 Å². The monoisotopic (exact) mass is 811 g/mol. The number of aliphatic carboxylic acids is 1. The number of ketones is 1. The summed E-state index contributed by atoms with van der Waals surface area (Å²) in [5.74, 6) is -3.97. The summed E-state index contributed by atoms with van der Waals surface area (Å²) in [6.07, 6.45) is 7.23. The lowest BCUT2D eigenvalue weighted by Crippen LogP contribution is -2.41. The number of hydrogen-bond donors (Lipinski definition) is 5. The zero-order chi connectivity index (χ0) is 41.8. The first kappa shape index (κ1) is 41.9. The second-order valence-corrected chi connectivity index (χ2v) is 13.7. The molecule has 0 aliphatic rings. The van der Waals surface area contributed by atoms with Crippen molar-refractivity contribution in [2.45, 2.75) is 38.8 Å². The van der Waals surface area contributed by atoms with Crippen LogP contribution in [0.4, 0.5) is 11.6 Å². The number of carboxylic acid groups (broad SMARTS) is 1. The van der Waals surface area contributed by atoms with Gasteiger partial charge in [-0.3, -0.25) is 33.2 Å². The van der Waals surface area contributed by atoms with Crippen LogP contribution in [0.5, 0.6) is 5.75 Å². The molecule has 0 radical (unpaired) electrons. The van der Waals surface area contributed by atoms with Gasteiger partial charge in [0.05, 0.1) is 25.0 Å². The number of carboxylic acids is 1. The quantitative estimate of drug-likeness (QED) is 0.0364.